The third-order valence-electron chi connectivity index (χ3n) is 5.41. The van der Waals surface area contributed by atoms with Gasteiger partial charge in [-0.1, -0.05) is 48.0 Å². The van der Waals surface area contributed by atoms with E-state index in [1.54, 1.807) is 20.8 Å². The number of rotatable bonds is 1. The third-order valence-corrected chi connectivity index (χ3v) is 8.46. The van der Waals surface area contributed by atoms with E-state index in [4.69, 9.17) is 9.47 Å². The molecule has 0 N–H and O–H groups in total. The molecule has 0 aromatic carbocycles. The Hall–Kier alpha value is -0.950. The van der Waals surface area contributed by atoms with Crippen LogP contribution in [0.15, 0.2) is 4.99 Å². The van der Waals surface area contributed by atoms with E-state index in [1.807, 2.05) is 20.8 Å². The first-order valence-corrected chi connectivity index (χ1v) is 12.1. The minimum Gasteiger partial charge on any atom is -0.470 e. The van der Waals surface area contributed by atoms with Crippen LogP contribution in [0.3, 0.4) is 0 Å². The van der Waals surface area contributed by atoms with E-state index in [1.165, 1.54) is 0 Å². The number of amides is 1. The van der Waals surface area contributed by atoms with Crippen molar-refractivity contribution < 1.29 is 22.7 Å². The van der Waals surface area contributed by atoms with E-state index in [0.29, 0.717) is 11.3 Å². The molecule has 2 aliphatic heterocycles. The quantitative estimate of drug-likeness (QED) is 0.614. The Bertz CT molecular complexity index is 682. The zero-order valence-corrected chi connectivity index (χ0v) is 20.6. The molecule has 0 spiro atoms. The van der Waals surface area contributed by atoms with Crippen molar-refractivity contribution in [3.05, 3.63) is 0 Å². The van der Waals surface area contributed by atoms with E-state index in [9.17, 15) is 13.2 Å². The summed E-state index contributed by atoms with van der Waals surface area (Å²) in [4.78, 5) is 14.3. The van der Waals surface area contributed by atoms with Gasteiger partial charge in [-0.25, -0.2) is 8.42 Å². The first-order valence-electron chi connectivity index (χ1n) is 10.5. The lowest BCUT2D eigenvalue weighted by Gasteiger charge is -2.37. The number of nitrogens with zero attached hydrogens (tertiary/aromatic N) is 1. The number of carbonyl (C=O) groups is 1. The number of hydrogen-bond acceptors (Lipinski definition) is 5. The van der Waals surface area contributed by atoms with Crippen molar-refractivity contribution >= 4 is 21.6 Å². The monoisotopic (exact) mass is 431 g/mol. The smallest absolute Gasteiger partial charge is 0.286 e. The molecule has 0 atom stereocenters. The van der Waals surface area contributed by atoms with Gasteiger partial charge in [0.2, 0.25) is 0 Å². The molecule has 7 heteroatoms. The standard InChI is InChI=1S/C8H16O2S.C7H11NO2.C7H14O/c1-8(2,3)11(9,10)7-5-4-6-7;1-7(2,3)6-8-5(9)4-10-6;1-7(2,3)6-4-8-5-6/h7H,4-6H2,1-3H3;4H2,1-3H3;6H,4-5H2,1-3H3. The molecule has 0 bridgehead atoms. The fourth-order valence-corrected chi connectivity index (χ4v) is 4.56. The van der Waals surface area contributed by atoms with Gasteiger partial charge in [-0.2, -0.15) is 4.99 Å². The third kappa shape index (κ3) is 7.67. The van der Waals surface area contributed by atoms with Crippen molar-refractivity contribution in [1.29, 1.82) is 0 Å². The summed E-state index contributed by atoms with van der Waals surface area (Å²) in [6.07, 6.45) is 2.83. The lowest BCUT2D eigenvalue weighted by molar-refractivity contribution is -0.118. The van der Waals surface area contributed by atoms with Crippen LogP contribution in [-0.2, 0) is 24.1 Å². The molecule has 1 saturated carbocycles. The second-order valence-corrected chi connectivity index (χ2v) is 14.1. The van der Waals surface area contributed by atoms with Crippen molar-refractivity contribution in [3.63, 3.8) is 0 Å². The average Bonchev–Trinajstić information content (AvgIpc) is 2.78. The van der Waals surface area contributed by atoms with Crippen LogP contribution in [0, 0.1) is 16.7 Å². The van der Waals surface area contributed by atoms with Crippen molar-refractivity contribution in [2.75, 3.05) is 19.8 Å². The molecule has 1 saturated heterocycles. The molecule has 170 valence electrons. The fraction of sp³-hybridized carbons (Fsp3) is 0.909. The fourth-order valence-electron chi connectivity index (χ4n) is 2.61. The van der Waals surface area contributed by atoms with Gasteiger partial charge in [0, 0.05) is 11.3 Å². The van der Waals surface area contributed by atoms with Gasteiger partial charge in [0.1, 0.15) is 0 Å². The van der Waals surface area contributed by atoms with Crippen molar-refractivity contribution in [3.8, 4) is 0 Å². The summed E-state index contributed by atoms with van der Waals surface area (Å²) in [6, 6.07) is 0. The number of sulfone groups is 1. The first-order chi connectivity index (χ1) is 13.0. The predicted molar refractivity (Wildman–Crippen MR) is 118 cm³/mol. The summed E-state index contributed by atoms with van der Waals surface area (Å²) < 4.78 is 32.8. The lowest BCUT2D eigenvalue weighted by atomic mass is 9.80. The summed E-state index contributed by atoms with van der Waals surface area (Å²) in [5.41, 5.74) is 0.338. The number of carbonyl (C=O) groups excluding carboxylic acids is 1. The number of aliphatic imine (C=N–C) groups is 1. The van der Waals surface area contributed by atoms with E-state index in [2.05, 4.69) is 25.8 Å². The van der Waals surface area contributed by atoms with E-state index in [-0.39, 0.29) is 23.2 Å². The Morgan fingerprint density at radius 1 is 0.931 bits per heavy atom. The van der Waals surface area contributed by atoms with Gasteiger partial charge in [-0.05, 0) is 39.0 Å². The van der Waals surface area contributed by atoms with Crippen LogP contribution < -0.4 is 0 Å². The maximum atomic E-state index is 11.6. The van der Waals surface area contributed by atoms with Gasteiger partial charge in [-0.15, -0.1) is 0 Å². The molecule has 1 aliphatic carbocycles. The summed E-state index contributed by atoms with van der Waals surface area (Å²) >= 11 is 0. The molecule has 0 aromatic rings. The van der Waals surface area contributed by atoms with E-state index in [0.717, 1.165) is 38.4 Å². The molecule has 29 heavy (non-hydrogen) atoms. The molecule has 0 unspecified atom stereocenters. The molecule has 0 radical (unpaired) electrons. The summed E-state index contributed by atoms with van der Waals surface area (Å²) in [5, 5.41) is -0.0394. The summed E-state index contributed by atoms with van der Waals surface area (Å²) in [5.74, 6) is 1.19. The first kappa shape index (κ1) is 26.1. The maximum Gasteiger partial charge on any atom is 0.286 e. The zero-order valence-electron chi connectivity index (χ0n) is 19.8. The largest absolute Gasteiger partial charge is 0.470 e. The van der Waals surface area contributed by atoms with Crippen LogP contribution in [0.1, 0.15) is 81.6 Å². The Kier molecular flexibility index (Phi) is 8.51. The molecule has 1 amide bonds. The van der Waals surface area contributed by atoms with Crippen LogP contribution in [0.2, 0.25) is 0 Å². The highest BCUT2D eigenvalue weighted by atomic mass is 32.2. The molecular formula is C22H41NO5S. The Labute approximate surface area is 177 Å². The normalized spacial score (nSPS) is 20.9. The van der Waals surface area contributed by atoms with Crippen molar-refractivity contribution in [2.24, 2.45) is 21.7 Å². The van der Waals surface area contributed by atoms with E-state index >= 15 is 0 Å². The van der Waals surface area contributed by atoms with Crippen LogP contribution in [-0.4, -0.2) is 50.0 Å². The molecule has 2 fully saturated rings. The van der Waals surface area contributed by atoms with Gasteiger partial charge < -0.3 is 9.47 Å². The van der Waals surface area contributed by atoms with Crippen LogP contribution >= 0.6 is 0 Å². The second kappa shape index (κ2) is 9.46. The zero-order chi connectivity index (χ0) is 22.7. The molecule has 3 rings (SSSR count). The molecular weight excluding hydrogens is 390 g/mol. The Morgan fingerprint density at radius 3 is 1.55 bits per heavy atom. The number of ether oxygens (including phenoxy) is 2. The van der Waals surface area contributed by atoms with Gasteiger partial charge >= 0.3 is 0 Å². The molecule has 0 aromatic heterocycles. The molecule has 2 heterocycles. The van der Waals surface area contributed by atoms with Crippen LogP contribution in [0.5, 0.6) is 0 Å². The van der Waals surface area contributed by atoms with Crippen LogP contribution in [0.4, 0.5) is 0 Å². The maximum absolute atomic E-state index is 11.6. The summed E-state index contributed by atoms with van der Waals surface area (Å²) in [7, 11) is -2.84. The minimum absolute atomic E-state index is 0.0394. The van der Waals surface area contributed by atoms with Gasteiger partial charge in [0.15, 0.2) is 22.3 Å². The Morgan fingerprint density at radius 2 is 1.45 bits per heavy atom. The topological polar surface area (TPSA) is 82.0 Å². The predicted octanol–water partition coefficient (Wildman–Crippen LogP) is 4.42. The van der Waals surface area contributed by atoms with Crippen LogP contribution in [0.25, 0.3) is 0 Å². The van der Waals surface area contributed by atoms with E-state index < -0.39 is 14.6 Å². The van der Waals surface area contributed by atoms with Gasteiger partial charge in [0.25, 0.3) is 5.91 Å². The SMILES string of the molecule is CC(C)(C)C1=NC(=O)CO1.CC(C)(C)C1COC1.CC(C)(C)S(=O)(=O)C1CCC1. The van der Waals surface area contributed by atoms with Gasteiger partial charge in [0.05, 0.1) is 23.2 Å². The highest BCUT2D eigenvalue weighted by Crippen LogP contribution is 2.33. The average molecular weight is 432 g/mol. The molecule has 3 aliphatic rings. The lowest BCUT2D eigenvalue weighted by Crippen LogP contribution is -2.40. The highest BCUT2D eigenvalue weighted by Gasteiger charge is 2.39. The van der Waals surface area contributed by atoms with Gasteiger partial charge in [-0.3, -0.25) is 4.79 Å². The number of hydrogen-bond donors (Lipinski definition) is 0. The van der Waals surface area contributed by atoms with Crippen molar-refractivity contribution in [2.45, 2.75) is 91.6 Å². The summed E-state index contributed by atoms with van der Waals surface area (Å²) in [6.45, 7) is 20.1. The minimum atomic E-state index is -2.84. The highest BCUT2D eigenvalue weighted by molar-refractivity contribution is 7.93. The second-order valence-electron chi connectivity index (χ2n) is 11.2. The van der Waals surface area contributed by atoms with Crippen molar-refractivity contribution in [1.82, 2.24) is 0 Å². The molecule has 6 nitrogen and oxygen atoms in total. The Balaban J connectivity index is 0.000000220.